The molecule has 26 heteroatoms. The Morgan fingerprint density at radius 2 is 1.60 bits per heavy atom. The van der Waals surface area contributed by atoms with Gasteiger partial charge in [0.15, 0.2) is 29.1 Å². The lowest BCUT2D eigenvalue weighted by Crippen LogP contribution is -2.38. The number of rotatable bonds is 2. The van der Waals surface area contributed by atoms with Crippen molar-refractivity contribution in [2.45, 2.75) is 49.1 Å². The fourth-order valence-electron chi connectivity index (χ4n) is 5.87. The molecule has 48 heavy (non-hydrogen) atoms. The van der Waals surface area contributed by atoms with Gasteiger partial charge >= 0.3 is 13.5 Å². The molecule has 0 saturated carbocycles. The van der Waals surface area contributed by atoms with Crippen molar-refractivity contribution in [3.8, 4) is 0 Å². The summed E-state index contributed by atoms with van der Waals surface area (Å²) in [6.45, 7) is -9.73. The molecule has 22 nitrogen and oxygen atoms in total. The van der Waals surface area contributed by atoms with Crippen LogP contribution in [0.15, 0.2) is 34.6 Å². The Bertz CT molecular complexity index is 2290. The molecular weight excluding hydrogens is 722 g/mol. The predicted molar refractivity (Wildman–Crippen MR) is 166 cm³/mol. The van der Waals surface area contributed by atoms with Crippen LogP contribution in [0.2, 0.25) is 0 Å². The van der Waals surface area contributed by atoms with E-state index in [2.05, 4.69) is 42.2 Å². The molecule has 0 radical (unpaired) electrons. The zero-order chi connectivity index (χ0) is 33.7. The third-order valence-electron chi connectivity index (χ3n) is 8.02. The number of hydrogen-bond acceptors (Lipinski definition) is 17. The van der Waals surface area contributed by atoms with Crippen LogP contribution in [-0.4, -0.2) is 108 Å². The quantitative estimate of drug-likeness (QED) is 0.0814. The standard InChI is InChI=1S/C22H24N10O12P2S2/c23-21-27-15-9(17(35)29-21)25-5-31(15)19-11(33)13-7(41-19)3-39-46(38,48)44-14-8(4-40-45(37,47)43-13)42-20(12(14)34)32-6-26-10-16(32)28-22-24-1-2-30(22)18(10)36/h1-2,5-8,11-14,19-20,33-34H,3-4H2,(H,24,28)(H,37,47)(H,38,48)(H3,23,27,29,35)/t7-,8-,11-,12-,13-,14-,19-,20-,45?,46?/m1/s1. The van der Waals surface area contributed by atoms with E-state index >= 15 is 0 Å². The third-order valence-corrected chi connectivity index (χ3v) is 11.2. The number of aromatic amines is 2. The minimum absolute atomic E-state index is 0.0152. The lowest BCUT2D eigenvalue weighted by atomic mass is 10.1. The largest absolute Gasteiger partial charge is 0.386 e. The van der Waals surface area contributed by atoms with Crippen LogP contribution in [-0.2, 0) is 43.9 Å². The molecule has 3 aliphatic rings. The Labute approximate surface area is 275 Å². The zero-order valence-corrected chi connectivity index (χ0v) is 27.3. The van der Waals surface area contributed by atoms with E-state index in [9.17, 15) is 29.3 Å². The molecule has 5 aromatic heterocycles. The number of imidazole rings is 3. The van der Waals surface area contributed by atoms with Crippen LogP contribution in [0.3, 0.4) is 0 Å². The van der Waals surface area contributed by atoms with Gasteiger partial charge in [-0.3, -0.25) is 37.3 Å². The van der Waals surface area contributed by atoms with Gasteiger partial charge in [-0.05, 0) is 11.8 Å². The number of aromatic nitrogens is 9. The first kappa shape index (κ1) is 32.1. The van der Waals surface area contributed by atoms with Crippen molar-refractivity contribution in [1.29, 1.82) is 0 Å². The van der Waals surface area contributed by atoms with Gasteiger partial charge in [-0.1, -0.05) is 12.2 Å². The van der Waals surface area contributed by atoms with Gasteiger partial charge in [-0.25, -0.2) is 23.9 Å². The number of nitrogens with one attached hydrogen (secondary N) is 2. The van der Waals surface area contributed by atoms with E-state index in [-0.39, 0.29) is 34.1 Å². The molecule has 7 N–H and O–H groups in total. The normalized spacial score (nSPS) is 36.2. The van der Waals surface area contributed by atoms with Crippen molar-refractivity contribution in [3.63, 3.8) is 0 Å². The Kier molecular flexibility index (Phi) is 7.69. The predicted octanol–water partition coefficient (Wildman–Crippen LogP) is -1.32. The van der Waals surface area contributed by atoms with Crippen LogP contribution in [0.5, 0.6) is 0 Å². The molecule has 8 heterocycles. The fraction of sp³-hybridized carbons (Fsp3) is 0.455. The van der Waals surface area contributed by atoms with Crippen LogP contribution in [0, 0.1) is 0 Å². The Morgan fingerprint density at radius 3 is 2.35 bits per heavy atom. The fourth-order valence-corrected chi connectivity index (χ4v) is 8.81. The van der Waals surface area contributed by atoms with Crippen molar-refractivity contribution in [2.24, 2.45) is 0 Å². The van der Waals surface area contributed by atoms with Gasteiger partial charge in [-0.2, -0.15) is 4.98 Å². The molecule has 10 atom stereocenters. The number of thiol groups is 1. The Hall–Kier alpha value is -3.09. The van der Waals surface area contributed by atoms with Crippen molar-refractivity contribution in [2.75, 3.05) is 18.9 Å². The summed E-state index contributed by atoms with van der Waals surface area (Å²) in [5, 5.41) is 22.7. The summed E-state index contributed by atoms with van der Waals surface area (Å²) < 4.78 is 51.7. The molecular formula is C22H24N10O12P2S2. The topological polar surface area (TPSA) is 291 Å². The first-order valence-electron chi connectivity index (χ1n) is 13.9. The van der Waals surface area contributed by atoms with Crippen LogP contribution < -0.4 is 16.9 Å². The molecule has 256 valence electrons. The minimum atomic E-state index is -4.35. The summed E-state index contributed by atoms with van der Waals surface area (Å²) >= 11 is 9.32. The van der Waals surface area contributed by atoms with Crippen molar-refractivity contribution in [3.05, 3.63) is 45.8 Å². The molecule has 3 fully saturated rings. The molecule has 3 aliphatic heterocycles. The number of H-pyrrole nitrogens is 2. The van der Waals surface area contributed by atoms with E-state index in [1.54, 1.807) is 0 Å². The number of anilines is 1. The number of nitrogens with zero attached hydrogens (tertiary/aromatic N) is 7. The maximum absolute atomic E-state index is 13.5. The van der Waals surface area contributed by atoms with Crippen LogP contribution in [0.4, 0.5) is 5.95 Å². The highest BCUT2D eigenvalue weighted by Crippen LogP contribution is 2.58. The van der Waals surface area contributed by atoms with Gasteiger partial charge in [0.25, 0.3) is 11.1 Å². The molecule has 0 aliphatic carbocycles. The van der Waals surface area contributed by atoms with E-state index in [0.717, 1.165) is 0 Å². The summed E-state index contributed by atoms with van der Waals surface area (Å²) in [5.74, 6) is -0.0195. The van der Waals surface area contributed by atoms with E-state index in [1.165, 1.54) is 38.6 Å². The second-order valence-corrected chi connectivity index (χ2v) is 16.6. The molecule has 3 saturated heterocycles. The molecule has 8 rings (SSSR count). The van der Waals surface area contributed by atoms with E-state index in [4.69, 9.17) is 45.1 Å². The van der Waals surface area contributed by atoms with Crippen LogP contribution >= 0.6 is 25.8 Å². The first-order chi connectivity index (χ1) is 22.8. The Balaban J connectivity index is 1.09. The number of aliphatic hydroxyl groups is 2. The highest BCUT2D eigenvalue weighted by molar-refractivity contribution is 8.44. The molecule has 2 unspecified atom stereocenters. The van der Waals surface area contributed by atoms with E-state index < -0.39 is 86.9 Å². The van der Waals surface area contributed by atoms with E-state index in [0.29, 0.717) is 0 Å². The highest BCUT2D eigenvalue weighted by Gasteiger charge is 2.53. The van der Waals surface area contributed by atoms with Gasteiger partial charge in [0, 0.05) is 12.4 Å². The number of nitrogen functional groups attached to an aromatic ring is 1. The third kappa shape index (κ3) is 5.33. The number of hydrogen-bond donors (Lipinski definition) is 7. The monoisotopic (exact) mass is 746 g/mol. The second kappa shape index (κ2) is 11.5. The molecule has 0 spiro atoms. The van der Waals surface area contributed by atoms with Gasteiger partial charge in [0.2, 0.25) is 11.7 Å². The lowest BCUT2D eigenvalue weighted by molar-refractivity contribution is -0.0577. The van der Waals surface area contributed by atoms with Gasteiger partial charge in [-0.15, -0.1) is 0 Å². The average molecular weight is 747 g/mol. The van der Waals surface area contributed by atoms with Crippen molar-refractivity contribution < 1.29 is 47.2 Å². The molecule has 0 aromatic carbocycles. The number of ether oxygens (including phenoxy) is 2. The van der Waals surface area contributed by atoms with Crippen molar-refractivity contribution in [1.82, 2.24) is 43.4 Å². The summed E-state index contributed by atoms with van der Waals surface area (Å²) in [6, 6.07) is 0. The smallest absolute Gasteiger partial charge is 0.386 e. The van der Waals surface area contributed by atoms with Crippen LogP contribution in [0.1, 0.15) is 12.5 Å². The average Bonchev–Trinajstić information content (AvgIpc) is 3.84. The number of aliphatic hydroxyl groups excluding tert-OH is 2. The maximum Gasteiger partial charge on any atom is 0.386 e. The number of fused-ring (bicyclic) bond motifs is 5. The summed E-state index contributed by atoms with van der Waals surface area (Å²) in [7, 11) is 0. The van der Waals surface area contributed by atoms with Gasteiger partial charge in [0.1, 0.15) is 42.3 Å². The molecule has 0 bridgehead atoms. The second-order valence-electron chi connectivity index (χ2n) is 11.0. The SMILES string of the molecule is Nc1nc2c(ncn2[C@@H]2O[C@@H]3COP(O)(=S)O[C@H]4[C@@H](O)[C@H](n5cnc6c(=O)n7ccnc7[nH]c65)O[C@@H]4COP(=O)(S)O[C@H]3[C@H]2O)c(=O)[nH]1. The summed E-state index contributed by atoms with van der Waals surface area (Å²) in [6.07, 6.45) is -5.91. The highest BCUT2D eigenvalue weighted by atomic mass is 32.7. The Morgan fingerprint density at radius 1 is 0.958 bits per heavy atom. The zero-order valence-electron chi connectivity index (χ0n) is 23.8. The first-order valence-corrected chi connectivity index (χ1v) is 19.2. The van der Waals surface area contributed by atoms with Crippen LogP contribution in [0.25, 0.3) is 28.1 Å². The maximum atomic E-state index is 13.5. The minimum Gasteiger partial charge on any atom is -0.386 e. The van der Waals surface area contributed by atoms with Gasteiger partial charge < -0.3 is 39.8 Å². The van der Waals surface area contributed by atoms with E-state index in [1.807, 2.05) is 0 Å². The lowest BCUT2D eigenvalue weighted by Gasteiger charge is -2.29. The molecule has 0 amide bonds. The van der Waals surface area contributed by atoms with Crippen molar-refractivity contribution >= 4 is 71.6 Å². The molecule has 5 aromatic rings. The number of nitrogens with two attached hydrogens (primary N) is 1. The summed E-state index contributed by atoms with van der Waals surface area (Å²) in [4.78, 5) is 57.8. The van der Waals surface area contributed by atoms with Gasteiger partial charge in [0.05, 0.1) is 25.9 Å². The summed E-state index contributed by atoms with van der Waals surface area (Å²) in [5.41, 5.74) is 4.62.